The Bertz CT molecular complexity index is 314. The van der Waals surface area contributed by atoms with E-state index >= 15 is 0 Å². The monoisotopic (exact) mass is 207 g/mol. The minimum Gasteiger partial charge on any atom is -0.334 e. The van der Waals surface area contributed by atoms with Crippen LogP contribution >= 0.6 is 0 Å². The van der Waals surface area contributed by atoms with Gasteiger partial charge in [-0.1, -0.05) is 6.92 Å². The molecular formula is C12H21N3. The highest BCUT2D eigenvalue weighted by Gasteiger charge is 2.34. The van der Waals surface area contributed by atoms with E-state index in [0.717, 1.165) is 12.5 Å². The zero-order valence-electron chi connectivity index (χ0n) is 9.90. The molecule has 0 saturated heterocycles. The molecule has 1 aromatic rings. The first-order valence-corrected chi connectivity index (χ1v) is 5.96. The molecule has 3 nitrogen and oxygen atoms in total. The Labute approximate surface area is 91.9 Å². The fourth-order valence-corrected chi connectivity index (χ4v) is 2.39. The Balaban J connectivity index is 2.17. The predicted molar refractivity (Wildman–Crippen MR) is 61.6 cm³/mol. The van der Waals surface area contributed by atoms with Gasteiger partial charge in [0, 0.05) is 18.9 Å². The second-order valence-electron chi connectivity index (χ2n) is 4.53. The lowest BCUT2D eigenvalue weighted by Crippen LogP contribution is -2.27. The molecule has 1 heterocycles. The van der Waals surface area contributed by atoms with E-state index in [-0.39, 0.29) is 0 Å². The van der Waals surface area contributed by atoms with Gasteiger partial charge in [0.05, 0.1) is 6.04 Å². The highest BCUT2D eigenvalue weighted by atomic mass is 15.1. The van der Waals surface area contributed by atoms with Crippen molar-refractivity contribution in [2.75, 3.05) is 7.05 Å². The van der Waals surface area contributed by atoms with Crippen molar-refractivity contribution in [2.24, 2.45) is 11.8 Å². The van der Waals surface area contributed by atoms with E-state index < -0.39 is 0 Å². The summed E-state index contributed by atoms with van der Waals surface area (Å²) in [5, 5.41) is 3.42. The molecule has 1 aromatic heterocycles. The fraction of sp³-hybridized carbons (Fsp3) is 0.750. The van der Waals surface area contributed by atoms with Gasteiger partial charge in [0.15, 0.2) is 0 Å². The van der Waals surface area contributed by atoms with Gasteiger partial charge in [-0.25, -0.2) is 4.98 Å². The Morgan fingerprint density at radius 1 is 1.60 bits per heavy atom. The topological polar surface area (TPSA) is 29.9 Å². The van der Waals surface area contributed by atoms with Gasteiger partial charge in [0.2, 0.25) is 0 Å². The number of imidazole rings is 1. The van der Waals surface area contributed by atoms with Crippen molar-refractivity contribution in [3.63, 3.8) is 0 Å². The highest BCUT2D eigenvalue weighted by Crippen LogP contribution is 2.42. The lowest BCUT2D eigenvalue weighted by molar-refractivity contribution is 0.345. The molecule has 84 valence electrons. The maximum Gasteiger partial charge on any atom is 0.126 e. The summed E-state index contributed by atoms with van der Waals surface area (Å²) in [4.78, 5) is 4.49. The highest BCUT2D eigenvalue weighted by molar-refractivity contribution is 5.03. The van der Waals surface area contributed by atoms with E-state index in [9.17, 15) is 0 Å². The lowest BCUT2D eigenvalue weighted by atomic mass is 9.96. The maximum atomic E-state index is 4.49. The molecule has 1 fully saturated rings. The average Bonchev–Trinajstić information content (AvgIpc) is 3.00. The summed E-state index contributed by atoms with van der Waals surface area (Å²) in [6, 6.07) is 0.410. The first-order chi connectivity index (χ1) is 7.27. The molecule has 0 bridgehead atoms. The Morgan fingerprint density at radius 3 is 2.87 bits per heavy atom. The number of nitrogens with one attached hydrogen (secondary N) is 1. The first kappa shape index (κ1) is 10.7. The van der Waals surface area contributed by atoms with Gasteiger partial charge in [-0.05, 0) is 38.6 Å². The second kappa shape index (κ2) is 4.35. The Kier molecular flexibility index (Phi) is 3.10. The number of nitrogens with zero attached hydrogens (tertiary/aromatic N) is 2. The Hall–Kier alpha value is -0.830. The zero-order chi connectivity index (χ0) is 10.8. The molecule has 2 atom stereocenters. The van der Waals surface area contributed by atoms with Crippen LogP contribution in [0.25, 0.3) is 0 Å². The van der Waals surface area contributed by atoms with Gasteiger partial charge in [-0.3, -0.25) is 0 Å². The molecule has 0 aliphatic heterocycles. The van der Waals surface area contributed by atoms with Crippen LogP contribution < -0.4 is 5.32 Å². The van der Waals surface area contributed by atoms with Crippen molar-refractivity contribution in [3.05, 3.63) is 18.2 Å². The van der Waals surface area contributed by atoms with Crippen LogP contribution in [0.1, 0.15) is 38.6 Å². The number of aromatic nitrogens is 2. The minimum atomic E-state index is 0.410. The number of aryl methyl sites for hydroxylation is 1. The van der Waals surface area contributed by atoms with Gasteiger partial charge in [-0.15, -0.1) is 0 Å². The van der Waals surface area contributed by atoms with Crippen LogP contribution in [0.2, 0.25) is 0 Å². The second-order valence-corrected chi connectivity index (χ2v) is 4.53. The molecule has 15 heavy (non-hydrogen) atoms. The summed E-state index contributed by atoms with van der Waals surface area (Å²) >= 11 is 0. The standard InChI is InChI=1S/C12H21N3/c1-4-15-8-7-14-12(15)11(13-3)9(2)10-5-6-10/h7-11,13H,4-6H2,1-3H3. The minimum absolute atomic E-state index is 0.410. The van der Waals surface area contributed by atoms with Crippen molar-refractivity contribution in [1.29, 1.82) is 0 Å². The number of hydrogen-bond acceptors (Lipinski definition) is 2. The third-order valence-corrected chi connectivity index (χ3v) is 3.57. The van der Waals surface area contributed by atoms with E-state index in [0.29, 0.717) is 12.0 Å². The summed E-state index contributed by atoms with van der Waals surface area (Å²) in [6.07, 6.45) is 6.76. The quantitative estimate of drug-likeness (QED) is 0.802. The van der Waals surface area contributed by atoms with Crippen LogP contribution in [-0.2, 0) is 6.54 Å². The average molecular weight is 207 g/mol. The summed E-state index contributed by atoms with van der Waals surface area (Å²) in [7, 11) is 2.04. The molecule has 2 rings (SSSR count). The molecule has 0 amide bonds. The third kappa shape index (κ3) is 2.07. The molecular weight excluding hydrogens is 186 g/mol. The van der Waals surface area contributed by atoms with Crippen molar-refractivity contribution in [2.45, 2.75) is 39.3 Å². The lowest BCUT2D eigenvalue weighted by Gasteiger charge is -2.23. The van der Waals surface area contributed by atoms with Gasteiger partial charge >= 0.3 is 0 Å². The van der Waals surface area contributed by atoms with Crippen LogP contribution in [0.4, 0.5) is 0 Å². The van der Waals surface area contributed by atoms with Crippen LogP contribution in [0.3, 0.4) is 0 Å². The zero-order valence-corrected chi connectivity index (χ0v) is 9.90. The van der Waals surface area contributed by atoms with Crippen molar-refractivity contribution >= 4 is 0 Å². The molecule has 1 N–H and O–H groups in total. The SMILES string of the molecule is CCn1ccnc1C(NC)C(C)C1CC1. The van der Waals surface area contributed by atoms with E-state index in [2.05, 4.69) is 34.9 Å². The maximum absolute atomic E-state index is 4.49. The molecule has 1 saturated carbocycles. The van der Waals surface area contributed by atoms with Crippen molar-refractivity contribution in [1.82, 2.24) is 14.9 Å². The van der Waals surface area contributed by atoms with Gasteiger partial charge in [0.25, 0.3) is 0 Å². The van der Waals surface area contributed by atoms with E-state index in [1.807, 2.05) is 13.2 Å². The van der Waals surface area contributed by atoms with Crippen LogP contribution in [0.15, 0.2) is 12.4 Å². The molecule has 0 radical (unpaired) electrons. The van der Waals surface area contributed by atoms with Crippen LogP contribution in [-0.4, -0.2) is 16.6 Å². The Morgan fingerprint density at radius 2 is 2.33 bits per heavy atom. The molecule has 0 aromatic carbocycles. The fourth-order valence-electron chi connectivity index (χ4n) is 2.39. The van der Waals surface area contributed by atoms with Crippen LogP contribution in [0, 0.1) is 11.8 Å². The summed E-state index contributed by atoms with van der Waals surface area (Å²) in [5.74, 6) is 2.80. The normalized spacial score (nSPS) is 20.2. The summed E-state index contributed by atoms with van der Waals surface area (Å²) in [6.45, 7) is 5.51. The van der Waals surface area contributed by atoms with E-state index in [1.165, 1.54) is 18.7 Å². The largest absolute Gasteiger partial charge is 0.334 e. The molecule has 2 unspecified atom stereocenters. The molecule has 1 aliphatic carbocycles. The van der Waals surface area contributed by atoms with Crippen molar-refractivity contribution in [3.8, 4) is 0 Å². The molecule has 3 heteroatoms. The van der Waals surface area contributed by atoms with E-state index in [1.54, 1.807) is 0 Å². The first-order valence-electron chi connectivity index (χ1n) is 5.96. The number of hydrogen-bond donors (Lipinski definition) is 1. The molecule has 1 aliphatic rings. The predicted octanol–water partition coefficient (Wildman–Crippen LogP) is 2.21. The van der Waals surface area contributed by atoms with E-state index in [4.69, 9.17) is 0 Å². The van der Waals surface area contributed by atoms with Gasteiger partial charge < -0.3 is 9.88 Å². The third-order valence-electron chi connectivity index (χ3n) is 3.57. The summed E-state index contributed by atoms with van der Waals surface area (Å²) in [5.41, 5.74) is 0. The van der Waals surface area contributed by atoms with Crippen LogP contribution in [0.5, 0.6) is 0 Å². The smallest absolute Gasteiger partial charge is 0.126 e. The van der Waals surface area contributed by atoms with Crippen molar-refractivity contribution < 1.29 is 0 Å². The van der Waals surface area contributed by atoms with Gasteiger partial charge in [0.1, 0.15) is 5.82 Å². The molecule has 0 spiro atoms. The number of rotatable bonds is 5. The summed E-state index contributed by atoms with van der Waals surface area (Å²) < 4.78 is 2.24. The van der Waals surface area contributed by atoms with Gasteiger partial charge in [-0.2, -0.15) is 0 Å².